The van der Waals surface area contributed by atoms with Gasteiger partial charge in [-0.05, 0) is 89.9 Å². The van der Waals surface area contributed by atoms with Gasteiger partial charge in [0.1, 0.15) is 0 Å². The molecular formula is C39H68O5. The number of aliphatic carboxylic acids is 2. The lowest BCUT2D eigenvalue weighted by Crippen LogP contribution is -2.05. The third kappa shape index (κ3) is 37.9. The van der Waals surface area contributed by atoms with E-state index in [4.69, 9.17) is 10.2 Å². The van der Waals surface area contributed by atoms with Gasteiger partial charge < -0.3 is 15.3 Å². The van der Waals surface area contributed by atoms with Gasteiger partial charge in [-0.1, -0.05) is 126 Å². The quantitative estimate of drug-likeness (QED) is 0.0494. The molecule has 0 saturated carbocycles. The number of unbranched alkanes of at least 4 members (excludes halogenated alkanes) is 18. The highest BCUT2D eigenvalue weighted by molar-refractivity contribution is 5.66. The largest absolute Gasteiger partial charge is 0.481 e. The Labute approximate surface area is 271 Å². The van der Waals surface area contributed by atoms with Crippen LogP contribution in [-0.4, -0.2) is 33.4 Å². The molecule has 5 heteroatoms. The second-order valence-electron chi connectivity index (χ2n) is 12.4. The molecule has 0 radical (unpaired) electrons. The van der Waals surface area contributed by atoms with Crippen LogP contribution in [0.25, 0.3) is 0 Å². The summed E-state index contributed by atoms with van der Waals surface area (Å²) in [6.07, 6.45) is 47.6. The maximum Gasteiger partial charge on any atom is 0.303 e. The number of carbonyl (C=O) groups is 2. The zero-order valence-corrected chi connectivity index (χ0v) is 28.2. The van der Waals surface area contributed by atoms with Crippen LogP contribution in [0.4, 0.5) is 0 Å². The monoisotopic (exact) mass is 617 g/mol. The first-order valence-corrected chi connectivity index (χ1v) is 18.2. The van der Waals surface area contributed by atoms with Crippen molar-refractivity contribution >= 4 is 11.9 Å². The van der Waals surface area contributed by atoms with Crippen LogP contribution in [0.3, 0.4) is 0 Å². The fraction of sp³-hybridized carbons (Fsp3) is 0.744. The molecule has 0 spiro atoms. The van der Waals surface area contributed by atoms with Gasteiger partial charge in [-0.15, -0.1) is 0 Å². The zero-order valence-electron chi connectivity index (χ0n) is 28.2. The van der Waals surface area contributed by atoms with Gasteiger partial charge in [0, 0.05) is 12.8 Å². The summed E-state index contributed by atoms with van der Waals surface area (Å²) in [6, 6.07) is 0. The number of hydrogen-bond donors (Lipinski definition) is 3. The summed E-state index contributed by atoms with van der Waals surface area (Å²) >= 11 is 0. The van der Waals surface area contributed by atoms with Crippen LogP contribution in [0.15, 0.2) is 48.6 Å². The van der Waals surface area contributed by atoms with E-state index >= 15 is 0 Å². The van der Waals surface area contributed by atoms with Gasteiger partial charge in [-0.2, -0.15) is 0 Å². The van der Waals surface area contributed by atoms with Gasteiger partial charge in [-0.25, -0.2) is 0 Å². The first kappa shape index (κ1) is 41.9. The molecule has 0 bridgehead atoms. The predicted molar refractivity (Wildman–Crippen MR) is 187 cm³/mol. The summed E-state index contributed by atoms with van der Waals surface area (Å²) in [5.74, 6) is -1.36. The molecule has 0 aromatic rings. The van der Waals surface area contributed by atoms with Crippen LogP contribution in [0, 0.1) is 0 Å². The lowest BCUT2D eigenvalue weighted by Gasteiger charge is -2.10. The van der Waals surface area contributed by atoms with Gasteiger partial charge in [0.2, 0.25) is 0 Å². The fourth-order valence-corrected chi connectivity index (χ4v) is 5.29. The summed E-state index contributed by atoms with van der Waals surface area (Å²) in [6.45, 7) is 0. The van der Waals surface area contributed by atoms with E-state index in [1.165, 1.54) is 64.2 Å². The van der Waals surface area contributed by atoms with Gasteiger partial charge >= 0.3 is 11.9 Å². The van der Waals surface area contributed by atoms with E-state index in [0.29, 0.717) is 12.8 Å². The standard InChI is InChI=1S/C39H68O5/c40-37(33-29-25-21-17-13-9-5-1-3-7-11-15-19-23-27-31-35-38(41)42)34-30-26-22-18-14-10-6-2-4-8-12-16-20-24-28-32-36-39(43)44/h3-10,37,40H,1-2,11-36H2,(H,41,42)(H,43,44)/b7-3-,8-4-,9-5-,10-6-. The van der Waals surface area contributed by atoms with E-state index in [-0.39, 0.29) is 6.10 Å². The van der Waals surface area contributed by atoms with Crippen molar-refractivity contribution in [2.75, 3.05) is 0 Å². The van der Waals surface area contributed by atoms with Crippen molar-refractivity contribution in [2.45, 2.75) is 186 Å². The minimum Gasteiger partial charge on any atom is -0.481 e. The topological polar surface area (TPSA) is 94.8 Å². The van der Waals surface area contributed by atoms with Crippen LogP contribution < -0.4 is 0 Å². The summed E-state index contributed by atoms with van der Waals surface area (Å²) in [5.41, 5.74) is 0. The van der Waals surface area contributed by atoms with Crippen LogP contribution in [-0.2, 0) is 9.59 Å². The van der Waals surface area contributed by atoms with E-state index < -0.39 is 11.9 Å². The first-order chi connectivity index (χ1) is 21.5. The molecule has 0 aliphatic heterocycles. The normalized spacial score (nSPS) is 12.2. The predicted octanol–water partition coefficient (Wildman–Crippen LogP) is 11.7. The van der Waals surface area contributed by atoms with Crippen LogP contribution >= 0.6 is 0 Å². The smallest absolute Gasteiger partial charge is 0.303 e. The zero-order chi connectivity index (χ0) is 32.2. The van der Waals surface area contributed by atoms with Crippen molar-refractivity contribution < 1.29 is 24.9 Å². The van der Waals surface area contributed by atoms with Gasteiger partial charge in [-0.3, -0.25) is 9.59 Å². The highest BCUT2D eigenvalue weighted by Crippen LogP contribution is 2.14. The molecule has 5 nitrogen and oxygen atoms in total. The number of carboxylic acid groups (broad SMARTS) is 2. The Morgan fingerprint density at radius 1 is 0.386 bits per heavy atom. The molecule has 0 aliphatic carbocycles. The lowest BCUT2D eigenvalue weighted by atomic mass is 10.0. The molecule has 0 fully saturated rings. The summed E-state index contributed by atoms with van der Waals surface area (Å²) in [7, 11) is 0. The summed E-state index contributed by atoms with van der Waals surface area (Å²) in [4.78, 5) is 20.9. The Kier molecular flexibility index (Phi) is 33.6. The number of carboxylic acids is 2. The van der Waals surface area contributed by atoms with E-state index in [9.17, 15) is 14.7 Å². The third-order valence-corrected chi connectivity index (χ3v) is 8.05. The van der Waals surface area contributed by atoms with E-state index in [1.807, 2.05) is 0 Å². The molecule has 0 saturated heterocycles. The summed E-state index contributed by atoms with van der Waals surface area (Å²) in [5, 5.41) is 27.5. The van der Waals surface area contributed by atoms with E-state index in [1.54, 1.807) is 0 Å². The van der Waals surface area contributed by atoms with Crippen molar-refractivity contribution in [3.05, 3.63) is 48.6 Å². The minimum absolute atomic E-state index is 0.123. The van der Waals surface area contributed by atoms with Gasteiger partial charge in [0.25, 0.3) is 0 Å². The summed E-state index contributed by atoms with van der Waals surface area (Å²) < 4.78 is 0. The van der Waals surface area contributed by atoms with Crippen LogP contribution in [0.5, 0.6) is 0 Å². The van der Waals surface area contributed by atoms with Crippen LogP contribution in [0.1, 0.15) is 180 Å². The molecule has 0 heterocycles. The fourth-order valence-electron chi connectivity index (χ4n) is 5.29. The Morgan fingerprint density at radius 3 is 0.977 bits per heavy atom. The number of aliphatic hydroxyl groups excluding tert-OH is 1. The minimum atomic E-state index is -0.682. The van der Waals surface area contributed by atoms with Gasteiger partial charge in [0.05, 0.1) is 6.10 Å². The SMILES string of the molecule is O=C(O)CCCCCCC/C=C\C/C=C\CCCCCCC(O)CCCCCC/C=C\C/C=C\CCCCCCCC(=O)O. The van der Waals surface area contributed by atoms with Crippen molar-refractivity contribution in [1.29, 1.82) is 0 Å². The van der Waals surface area contributed by atoms with Crippen molar-refractivity contribution in [2.24, 2.45) is 0 Å². The molecule has 0 rings (SSSR count). The van der Waals surface area contributed by atoms with E-state index in [0.717, 1.165) is 103 Å². The van der Waals surface area contributed by atoms with Crippen molar-refractivity contribution in [3.63, 3.8) is 0 Å². The van der Waals surface area contributed by atoms with Crippen molar-refractivity contribution in [1.82, 2.24) is 0 Å². The first-order valence-electron chi connectivity index (χ1n) is 18.2. The molecule has 0 atom stereocenters. The molecule has 0 amide bonds. The molecule has 3 N–H and O–H groups in total. The Balaban J connectivity index is 3.35. The molecule has 254 valence electrons. The van der Waals surface area contributed by atoms with Crippen LogP contribution in [0.2, 0.25) is 0 Å². The number of aliphatic hydroxyl groups is 1. The molecule has 0 aromatic carbocycles. The average Bonchev–Trinajstić information content (AvgIpc) is 2.99. The average molecular weight is 617 g/mol. The molecule has 0 aromatic heterocycles. The van der Waals surface area contributed by atoms with Crippen molar-refractivity contribution in [3.8, 4) is 0 Å². The Morgan fingerprint density at radius 2 is 0.659 bits per heavy atom. The maximum atomic E-state index is 10.5. The molecule has 0 unspecified atom stereocenters. The van der Waals surface area contributed by atoms with Gasteiger partial charge in [0.15, 0.2) is 0 Å². The Hall–Kier alpha value is -2.14. The van der Waals surface area contributed by atoms with E-state index in [2.05, 4.69) is 48.6 Å². The third-order valence-electron chi connectivity index (χ3n) is 8.05. The number of hydrogen-bond acceptors (Lipinski definition) is 3. The second kappa shape index (κ2) is 35.3. The number of allylic oxidation sites excluding steroid dienone is 8. The maximum absolute atomic E-state index is 10.5. The second-order valence-corrected chi connectivity index (χ2v) is 12.4. The highest BCUT2D eigenvalue weighted by Gasteiger charge is 2.03. The molecule has 0 aliphatic rings. The number of rotatable bonds is 34. The molecule has 44 heavy (non-hydrogen) atoms. The molecular weight excluding hydrogens is 548 g/mol. The highest BCUT2D eigenvalue weighted by atomic mass is 16.4. The lowest BCUT2D eigenvalue weighted by molar-refractivity contribution is -0.138. The Bertz CT molecular complexity index is 690.